The second-order valence-corrected chi connectivity index (χ2v) is 5.51. The SMILES string of the molecule is COC(=O)c1ccc(Sc2ccc([N+](=O)[O-])c(C(=O)O)c2)cc1. The predicted octanol–water partition coefficient (Wildman–Crippen LogP) is 3.23. The van der Waals surface area contributed by atoms with Crippen LogP contribution in [0.5, 0.6) is 0 Å². The Bertz CT molecular complexity index is 772. The maximum Gasteiger partial charge on any atom is 0.342 e. The number of carbonyl (C=O) groups excluding carboxylic acids is 1. The lowest BCUT2D eigenvalue weighted by molar-refractivity contribution is -0.385. The molecule has 2 aromatic carbocycles. The summed E-state index contributed by atoms with van der Waals surface area (Å²) in [7, 11) is 1.29. The average Bonchev–Trinajstić information content (AvgIpc) is 2.54. The van der Waals surface area contributed by atoms with Gasteiger partial charge in [0.25, 0.3) is 5.69 Å². The molecule has 0 fully saturated rings. The molecule has 0 aliphatic rings. The van der Waals surface area contributed by atoms with Gasteiger partial charge in [0.2, 0.25) is 0 Å². The first-order chi connectivity index (χ1) is 10.9. The van der Waals surface area contributed by atoms with E-state index in [-0.39, 0.29) is 5.56 Å². The molecule has 0 heterocycles. The van der Waals surface area contributed by atoms with E-state index < -0.39 is 22.5 Å². The Hall–Kier alpha value is -2.87. The van der Waals surface area contributed by atoms with Gasteiger partial charge in [-0.05, 0) is 36.4 Å². The zero-order chi connectivity index (χ0) is 17.0. The lowest BCUT2D eigenvalue weighted by Gasteiger charge is -2.05. The molecule has 118 valence electrons. The number of nitro benzene ring substituents is 1. The number of nitrogens with zero attached hydrogens (tertiary/aromatic N) is 1. The molecule has 0 aliphatic carbocycles. The van der Waals surface area contributed by atoms with Crippen molar-refractivity contribution in [1.82, 2.24) is 0 Å². The molecule has 0 aromatic heterocycles. The van der Waals surface area contributed by atoms with Gasteiger partial charge in [-0.2, -0.15) is 0 Å². The summed E-state index contributed by atoms with van der Waals surface area (Å²) < 4.78 is 4.60. The molecule has 0 spiro atoms. The second kappa shape index (κ2) is 6.93. The highest BCUT2D eigenvalue weighted by atomic mass is 32.2. The molecule has 0 saturated heterocycles. The summed E-state index contributed by atoms with van der Waals surface area (Å²) in [4.78, 5) is 33.8. The first-order valence-electron chi connectivity index (χ1n) is 6.30. The number of rotatable bonds is 5. The highest BCUT2D eigenvalue weighted by Gasteiger charge is 2.20. The number of aromatic carboxylic acids is 1. The number of hydrogen-bond acceptors (Lipinski definition) is 6. The summed E-state index contributed by atoms with van der Waals surface area (Å²) in [5.41, 5.74) is -0.430. The fourth-order valence-corrected chi connectivity index (χ4v) is 2.68. The van der Waals surface area contributed by atoms with Crippen LogP contribution in [-0.4, -0.2) is 29.1 Å². The number of carboxylic acid groups (broad SMARTS) is 1. The normalized spacial score (nSPS) is 10.1. The molecule has 23 heavy (non-hydrogen) atoms. The lowest BCUT2D eigenvalue weighted by atomic mass is 10.2. The minimum absolute atomic E-state index is 0.369. The van der Waals surface area contributed by atoms with Gasteiger partial charge in [-0.25, -0.2) is 9.59 Å². The Labute approximate surface area is 135 Å². The van der Waals surface area contributed by atoms with E-state index in [1.165, 1.54) is 31.0 Å². The number of carbonyl (C=O) groups is 2. The van der Waals surface area contributed by atoms with Gasteiger partial charge in [0.05, 0.1) is 17.6 Å². The van der Waals surface area contributed by atoms with Gasteiger partial charge in [0, 0.05) is 15.9 Å². The van der Waals surface area contributed by atoms with Crippen molar-refractivity contribution in [1.29, 1.82) is 0 Å². The molecule has 0 atom stereocenters. The summed E-state index contributed by atoms with van der Waals surface area (Å²) in [6, 6.07) is 10.4. The Kier molecular flexibility index (Phi) is 4.97. The van der Waals surface area contributed by atoms with Crippen LogP contribution >= 0.6 is 11.8 Å². The molecule has 8 heteroatoms. The van der Waals surface area contributed by atoms with Gasteiger partial charge < -0.3 is 9.84 Å². The fourth-order valence-electron chi connectivity index (χ4n) is 1.82. The Balaban J connectivity index is 2.26. The molecule has 7 nitrogen and oxygen atoms in total. The van der Waals surface area contributed by atoms with Gasteiger partial charge in [0.1, 0.15) is 5.56 Å². The molecule has 1 N–H and O–H groups in total. The number of ether oxygens (including phenoxy) is 1. The highest BCUT2D eigenvalue weighted by molar-refractivity contribution is 7.99. The molecular formula is C15H11NO6S. The highest BCUT2D eigenvalue weighted by Crippen LogP contribution is 2.31. The molecule has 2 rings (SSSR count). The van der Waals surface area contributed by atoms with Crippen molar-refractivity contribution in [3.8, 4) is 0 Å². The van der Waals surface area contributed by atoms with E-state index in [1.54, 1.807) is 24.3 Å². The lowest BCUT2D eigenvalue weighted by Crippen LogP contribution is -2.02. The summed E-state index contributed by atoms with van der Waals surface area (Å²) >= 11 is 1.23. The molecule has 0 saturated carbocycles. The van der Waals surface area contributed by atoms with E-state index in [1.807, 2.05) is 0 Å². The van der Waals surface area contributed by atoms with Crippen LogP contribution in [0.2, 0.25) is 0 Å². The topological polar surface area (TPSA) is 107 Å². The Morgan fingerprint density at radius 2 is 1.74 bits per heavy atom. The van der Waals surface area contributed by atoms with E-state index >= 15 is 0 Å². The summed E-state index contributed by atoms with van der Waals surface area (Å²) in [5.74, 6) is -1.81. The standard InChI is InChI=1S/C15H11NO6S/c1-22-15(19)9-2-4-10(5-3-9)23-11-6-7-13(16(20)21)12(8-11)14(17)18/h2-8H,1H3,(H,17,18). The quantitative estimate of drug-likeness (QED) is 0.508. The molecule has 0 aliphatic heterocycles. The van der Waals surface area contributed by atoms with Crippen molar-refractivity contribution in [2.24, 2.45) is 0 Å². The van der Waals surface area contributed by atoms with Crippen LogP contribution in [0, 0.1) is 10.1 Å². The molecule has 0 radical (unpaired) electrons. The number of nitro groups is 1. The largest absolute Gasteiger partial charge is 0.477 e. The van der Waals surface area contributed by atoms with E-state index in [0.29, 0.717) is 10.5 Å². The third kappa shape index (κ3) is 3.86. The van der Waals surface area contributed by atoms with Gasteiger partial charge in [-0.1, -0.05) is 11.8 Å². The maximum absolute atomic E-state index is 11.3. The summed E-state index contributed by atoms with van der Waals surface area (Å²) in [6.07, 6.45) is 0. The van der Waals surface area contributed by atoms with Crippen molar-refractivity contribution in [3.63, 3.8) is 0 Å². The summed E-state index contributed by atoms with van der Waals surface area (Å²) in [5, 5.41) is 19.9. The predicted molar refractivity (Wildman–Crippen MR) is 82.0 cm³/mol. The van der Waals surface area contributed by atoms with Crippen LogP contribution in [0.4, 0.5) is 5.69 Å². The second-order valence-electron chi connectivity index (χ2n) is 4.36. The van der Waals surface area contributed by atoms with Crippen LogP contribution in [0.15, 0.2) is 52.3 Å². The van der Waals surface area contributed by atoms with Crippen molar-refractivity contribution in [2.45, 2.75) is 9.79 Å². The molecule has 0 amide bonds. The smallest absolute Gasteiger partial charge is 0.342 e. The third-order valence-corrected chi connectivity index (χ3v) is 3.90. The average molecular weight is 333 g/mol. The third-order valence-electron chi connectivity index (χ3n) is 2.91. The first-order valence-corrected chi connectivity index (χ1v) is 7.12. The number of hydrogen-bond donors (Lipinski definition) is 1. The van der Waals surface area contributed by atoms with E-state index in [0.717, 1.165) is 11.0 Å². The zero-order valence-electron chi connectivity index (χ0n) is 11.9. The minimum Gasteiger partial charge on any atom is -0.477 e. The van der Waals surface area contributed by atoms with Crippen molar-refractivity contribution >= 4 is 29.4 Å². The fraction of sp³-hybridized carbons (Fsp3) is 0.0667. The van der Waals surface area contributed by atoms with Crippen molar-refractivity contribution < 1.29 is 24.4 Å². The zero-order valence-corrected chi connectivity index (χ0v) is 12.7. The van der Waals surface area contributed by atoms with Crippen LogP contribution in [0.3, 0.4) is 0 Å². The van der Waals surface area contributed by atoms with Crippen molar-refractivity contribution in [2.75, 3.05) is 7.11 Å². The van der Waals surface area contributed by atoms with Crippen LogP contribution in [0.1, 0.15) is 20.7 Å². The van der Waals surface area contributed by atoms with E-state index in [2.05, 4.69) is 4.74 Å². The molecule has 0 bridgehead atoms. The van der Waals surface area contributed by atoms with Crippen molar-refractivity contribution in [3.05, 3.63) is 63.7 Å². The Morgan fingerprint density at radius 1 is 1.13 bits per heavy atom. The minimum atomic E-state index is -1.36. The van der Waals surface area contributed by atoms with E-state index in [9.17, 15) is 19.7 Å². The first kappa shape index (κ1) is 16.5. The van der Waals surface area contributed by atoms with Gasteiger partial charge in [-0.3, -0.25) is 10.1 Å². The van der Waals surface area contributed by atoms with Gasteiger partial charge >= 0.3 is 11.9 Å². The van der Waals surface area contributed by atoms with Crippen LogP contribution < -0.4 is 0 Å². The van der Waals surface area contributed by atoms with E-state index in [4.69, 9.17) is 5.11 Å². The monoisotopic (exact) mass is 333 g/mol. The van der Waals surface area contributed by atoms with Gasteiger partial charge in [0.15, 0.2) is 0 Å². The number of methoxy groups -OCH3 is 1. The number of esters is 1. The summed E-state index contributed by atoms with van der Waals surface area (Å²) in [6.45, 7) is 0. The molecular weight excluding hydrogens is 322 g/mol. The van der Waals surface area contributed by atoms with Crippen LogP contribution in [-0.2, 0) is 4.74 Å². The maximum atomic E-state index is 11.3. The number of benzene rings is 2. The molecule has 2 aromatic rings. The molecule has 0 unspecified atom stereocenters. The van der Waals surface area contributed by atoms with Crippen LogP contribution in [0.25, 0.3) is 0 Å². The Morgan fingerprint density at radius 3 is 2.26 bits per heavy atom. The number of carboxylic acids is 1. The van der Waals surface area contributed by atoms with Gasteiger partial charge in [-0.15, -0.1) is 0 Å².